The van der Waals surface area contributed by atoms with Crippen molar-refractivity contribution in [3.63, 3.8) is 0 Å². The molecule has 27 heavy (non-hydrogen) atoms. The summed E-state index contributed by atoms with van der Waals surface area (Å²) < 4.78 is 1.22. The van der Waals surface area contributed by atoms with Crippen LogP contribution in [0.5, 0.6) is 0 Å². The highest BCUT2D eigenvalue weighted by Crippen LogP contribution is 2.32. The lowest BCUT2D eigenvalue weighted by Crippen LogP contribution is -2.42. The molecule has 0 aliphatic carbocycles. The highest BCUT2D eigenvalue weighted by molar-refractivity contribution is 7.18. The predicted octanol–water partition coefficient (Wildman–Crippen LogP) is 4.58. The first kappa shape index (κ1) is 18.1. The van der Waals surface area contributed by atoms with Crippen LogP contribution >= 0.6 is 11.3 Å². The molecule has 4 rings (SSSR count). The highest BCUT2D eigenvalue weighted by atomic mass is 32.1. The van der Waals surface area contributed by atoms with Crippen molar-refractivity contribution in [2.45, 2.75) is 32.7 Å². The normalized spacial score (nSPS) is 15.9. The van der Waals surface area contributed by atoms with Gasteiger partial charge in [-0.2, -0.15) is 0 Å². The molecule has 0 unspecified atom stereocenters. The molecule has 140 valence electrons. The molecule has 2 aromatic heterocycles. The minimum Gasteiger partial charge on any atom is -0.355 e. The van der Waals surface area contributed by atoms with Gasteiger partial charge in [0.25, 0.3) is 0 Å². The van der Waals surface area contributed by atoms with E-state index in [1.165, 1.54) is 21.4 Å². The third-order valence-electron chi connectivity index (χ3n) is 5.22. The lowest BCUT2D eigenvalue weighted by atomic mass is 10.0. The Hall–Kier alpha value is -2.24. The zero-order valence-electron chi connectivity index (χ0n) is 16.0. The van der Waals surface area contributed by atoms with Gasteiger partial charge in [0.2, 0.25) is 0 Å². The fourth-order valence-corrected chi connectivity index (χ4v) is 4.60. The summed E-state index contributed by atoms with van der Waals surface area (Å²) in [6, 6.07) is 9.22. The van der Waals surface area contributed by atoms with Gasteiger partial charge in [0.05, 0.1) is 10.2 Å². The van der Waals surface area contributed by atoms with E-state index in [4.69, 9.17) is 0 Å². The molecule has 0 atom stereocenters. The van der Waals surface area contributed by atoms with E-state index < -0.39 is 0 Å². The summed E-state index contributed by atoms with van der Waals surface area (Å²) >= 11 is 1.76. The molecule has 0 amide bonds. The number of hydrogen-bond donors (Lipinski definition) is 1. The number of thiophene rings is 1. The summed E-state index contributed by atoms with van der Waals surface area (Å²) in [5.41, 5.74) is 4.91. The van der Waals surface area contributed by atoms with E-state index >= 15 is 0 Å². The first-order valence-electron chi connectivity index (χ1n) is 9.61. The van der Waals surface area contributed by atoms with Crippen LogP contribution in [-0.2, 0) is 0 Å². The predicted molar refractivity (Wildman–Crippen MR) is 116 cm³/mol. The van der Waals surface area contributed by atoms with Crippen molar-refractivity contribution in [2.75, 3.05) is 24.5 Å². The summed E-state index contributed by atoms with van der Waals surface area (Å²) in [5.74, 6) is 1.11. The Kier molecular flexibility index (Phi) is 5.50. The number of aromatic nitrogens is 2. The summed E-state index contributed by atoms with van der Waals surface area (Å²) in [6.07, 6.45) is 8.41. The quantitative estimate of drug-likeness (QED) is 0.705. The van der Waals surface area contributed by atoms with E-state index in [0.29, 0.717) is 6.04 Å². The number of hydrogen-bond acceptors (Lipinski definition) is 5. The summed E-state index contributed by atoms with van der Waals surface area (Å²) in [5, 5.41) is 5.85. The van der Waals surface area contributed by atoms with Gasteiger partial charge in [-0.05, 0) is 43.2 Å². The molecule has 1 aromatic carbocycles. The summed E-state index contributed by atoms with van der Waals surface area (Å²) in [6.45, 7) is 7.24. The lowest BCUT2D eigenvalue weighted by Gasteiger charge is -2.33. The number of anilines is 1. The smallest absolute Gasteiger partial charge is 0.150 e. The Morgan fingerprint density at radius 3 is 2.70 bits per heavy atom. The Morgan fingerprint density at radius 1 is 1.15 bits per heavy atom. The minimum absolute atomic E-state index is 0.575. The van der Waals surface area contributed by atoms with Crippen molar-refractivity contribution >= 4 is 33.4 Å². The Bertz CT molecular complexity index is 921. The van der Waals surface area contributed by atoms with Crippen LogP contribution in [0.25, 0.3) is 16.3 Å². The molecular formula is C22H26N4S. The van der Waals surface area contributed by atoms with Crippen LogP contribution in [0.1, 0.15) is 29.5 Å². The summed E-state index contributed by atoms with van der Waals surface area (Å²) in [7, 11) is 0. The molecule has 0 radical (unpaired) electrons. The number of nitrogens with zero attached hydrogens (tertiary/aromatic N) is 3. The molecule has 3 aromatic rings. The number of aryl methyl sites for hydroxylation is 2. The van der Waals surface area contributed by atoms with Crippen LogP contribution in [0.3, 0.4) is 0 Å². The SMILES string of the molecule is Cc1ccc(/C=C/CNC2CCN(c3ncnc4c(C)csc34)CC2)cc1. The number of fused-ring (bicyclic) bond motifs is 1. The van der Waals surface area contributed by atoms with Gasteiger partial charge in [-0.1, -0.05) is 42.0 Å². The van der Waals surface area contributed by atoms with E-state index in [0.717, 1.165) is 43.8 Å². The molecule has 4 nitrogen and oxygen atoms in total. The highest BCUT2D eigenvalue weighted by Gasteiger charge is 2.21. The molecule has 1 aliphatic heterocycles. The lowest BCUT2D eigenvalue weighted by molar-refractivity contribution is 0.429. The zero-order valence-corrected chi connectivity index (χ0v) is 16.8. The first-order chi connectivity index (χ1) is 13.2. The Balaban J connectivity index is 1.29. The van der Waals surface area contributed by atoms with E-state index in [1.54, 1.807) is 17.7 Å². The maximum absolute atomic E-state index is 4.58. The second kappa shape index (κ2) is 8.19. The van der Waals surface area contributed by atoms with Gasteiger partial charge in [0.1, 0.15) is 12.1 Å². The molecule has 0 bridgehead atoms. The van der Waals surface area contributed by atoms with Crippen LogP contribution in [0.2, 0.25) is 0 Å². The van der Waals surface area contributed by atoms with Crippen LogP contribution in [-0.4, -0.2) is 35.6 Å². The third-order valence-corrected chi connectivity index (χ3v) is 6.30. The molecular weight excluding hydrogens is 352 g/mol. The third kappa shape index (κ3) is 4.20. The average molecular weight is 379 g/mol. The number of piperidine rings is 1. The molecule has 1 saturated heterocycles. The van der Waals surface area contributed by atoms with Crippen molar-refractivity contribution in [1.82, 2.24) is 15.3 Å². The summed E-state index contributed by atoms with van der Waals surface area (Å²) in [4.78, 5) is 11.4. The topological polar surface area (TPSA) is 41.0 Å². The number of nitrogens with one attached hydrogen (secondary N) is 1. The Labute approximate surface area is 165 Å². The van der Waals surface area contributed by atoms with Gasteiger partial charge in [-0.3, -0.25) is 0 Å². The van der Waals surface area contributed by atoms with Crippen LogP contribution in [0.15, 0.2) is 42.0 Å². The van der Waals surface area contributed by atoms with Crippen LogP contribution in [0, 0.1) is 13.8 Å². The zero-order chi connectivity index (χ0) is 18.6. The Morgan fingerprint density at radius 2 is 1.93 bits per heavy atom. The maximum atomic E-state index is 4.58. The van der Waals surface area contributed by atoms with Gasteiger partial charge in [0, 0.05) is 25.7 Å². The van der Waals surface area contributed by atoms with E-state index in [9.17, 15) is 0 Å². The first-order valence-corrected chi connectivity index (χ1v) is 10.5. The molecule has 0 saturated carbocycles. The fourth-order valence-electron chi connectivity index (χ4n) is 3.58. The van der Waals surface area contributed by atoms with Crippen molar-refractivity contribution in [3.8, 4) is 0 Å². The number of benzene rings is 1. The number of rotatable bonds is 5. The van der Waals surface area contributed by atoms with Crippen molar-refractivity contribution < 1.29 is 0 Å². The standard InChI is InChI=1S/C22H26N4S/c1-16-5-7-18(8-6-16)4-3-11-23-19-9-12-26(13-10-19)22-21-20(24-15-25-22)17(2)14-27-21/h3-8,14-15,19,23H,9-13H2,1-2H3/b4-3+. The molecule has 1 fully saturated rings. The van der Waals surface area contributed by atoms with Crippen LogP contribution < -0.4 is 10.2 Å². The maximum Gasteiger partial charge on any atom is 0.150 e. The van der Waals surface area contributed by atoms with E-state index in [-0.39, 0.29) is 0 Å². The van der Waals surface area contributed by atoms with Gasteiger partial charge in [-0.25, -0.2) is 9.97 Å². The van der Waals surface area contributed by atoms with E-state index in [1.807, 2.05) is 0 Å². The van der Waals surface area contributed by atoms with E-state index in [2.05, 4.69) is 75.8 Å². The average Bonchev–Trinajstić information content (AvgIpc) is 3.08. The fraction of sp³-hybridized carbons (Fsp3) is 0.364. The molecule has 5 heteroatoms. The molecule has 1 aliphatic rings. The molecule has 0 spiro atoms. The second-order valence-electron chi connectivity index (χ2n) is 7.28. The van der Waals surface area contributed by atoms with Gasteiger partial charge in [-0.15, -0.1) is 11.3 Å². The van der Waals surface area contributed by atoms with Crippen molar-refractivity contribution in [3.05, 3.63) is 58.7 Å². The second-order valence-corrected chi connectivity index (χ2v) is 8.16. The van der Waals surface area contributed by atoms with Gasteiger partial charge in [0.15, 0.2) is 0 Å². The van der Waals surface area contributed by atoms with Gasteiger partial charge >= 0.3 is 0 Å². The van der Waals surface area contributed by atoms with Crippen molar-refractivity contribution in [2.24, 2.45) is 0 Å². The monoisotopic (exact) mass is 378 g/mol. The molecule has 1 N–H and O–H groups in total. The molecule has 3 heterocycles. The van der Waals surface area contributed by atoms with Gasteiger partial charge < -0.3 is 10.2 Å². The largest absolute Gasteiger partial charge is 0.355 e. The minimum atomic E-state index is 0.575. The van der Waals surface area contributed by atoms with Crippen molar-refractivity contribution in [1.29, 1.82) is 0 Å². The van der Waals surface area contributed by atoms with Crippen LogP contribution in [0.4, 0.5) is 5.82 Å².